The third kappa shape index (κ3) is 3.79. The Morgan fingerprint density at radius 1 is 1.23 bits per heavy atom. The molecule has 0 aliphatic carbocycles. The summed E-state index contributed by atoms with van der Waals surface area (Å²) in [5.41, 5.74) is 1.71. The van der Waals surface area contributed by atoms with Crippen LogP contribution in [0.1, 0.15) is 17.2 Å². The number of nitrogens with zero attached hydrogens (tertiary/aromatic N) is 2. The lowest BCUT2D eigenvalue weighted by atomic mass is 10.3. The monoisotopic (exact) mass is 313 g/mol. The molecule has 0 fully saturated rings. The van der Waals surface area contributed by atoms with Crippen LogP contribution in [-0.2, 0) is 17.8 Å². The standard InChI is InChI=1S/C16H15N3O2S/c20-15(18-10-12-4-3-9-21-12)6-7-16-19-14(11-22-16)13-5-1-2-8-17-13/h1-5,8-9,11H,6-7,10H2,(H,18,20). The van der Waals surface area contributed by atoms with E-state index in [0.29, 0.717) is 19.4 Å². The van der Waals surface area contributed by atoms with E-state index in [1.165, 1.54) is 0 Å². The maximum atomic E-state index is 11.8. The van der Waals surface area contributed by atoms with Crippen molar-refractivity contribution in [2.24, 2.45) is 0 Å². The van der Waals surface area contributed by atoms with Gasteiger partial charge in [0.1, 0.15) is 5.76 Å². The van der Waals surface area contributed by atoms with Crippen LogP contribution in [0.5, 0.6) is 0 Å². The van der Waals surface area contributed by atoms with E-state index in [4.69, 9.17) is 4.42 Å². The Labute approximate surface area is 132 Å². The Morgan fingerprint density at radius 3 is 2.95 bits per heavy atom. The van der Waals surface area contributed by atoms with E-state index in [1.54, 1.807) is 29.9 Å². The zero-order valence-electron chi connectivity index (χ0n) is 11.9. The molecule has 3 aromatic rings. The average molecular weight is 313 g/mol. The number of aryl methyl sites for hydroxylation is 1. The van der Waals surface area contributed by atoms with Gasteiger partial charge in [0.05, 0.1) is 29.2 Å². The molecule has 3 rings (SSSR count). The SMILES string of the molecule is O=C(CCc1nc(-c2ccccn2)cs1)NCc1ccco1. The van der Waals surface area contributed by atoms with Gasteiger partial charge < -0.3 is 9.73 Å². The number of carbonyl (C=O) groups is 1. The molecule has 0 bridgehead atoms. The van der Waals surface area contributed by atoms with Crippen LogP contribution in [0, 0.1) is 0 Å². The molecule has 3 heterocycles. The minimum absolute atomic E-state index is 0.00835. The molecule has 3 aromatic heterocycles. The molecule has 6 heteroatoms. The molecule has 0 saturated heterocycles. The second-order valence-corrected chi connectivity index (χ2v) is 5.64. The maximum absolute atomic E-state index is 11.8. The van der Waals surface area contributed by atoms with Gasteiger partial charge in [0, 0.05) is 24.4 Å². The minimum atomic E-state index is -0.00835. The summed E-state index contributed by atoms with van der Waals surface area (Å²) in [7, 11) is 0. The number of rotatable bonds is 6. The number of thiazole rings is 1. The summed E-state index contributed by atoms with van der Waals surface area (Å²) in [6.07, 6.45) is 4.38. The van der Waals surface area contributed by atoms with Gasteiger partial charge in [-0.05, 0) is 24.3 Å². The molecule has 112 valence electrons. The Balaban J connectivity index is 1.49. The van der Waals surface area contributed by atoms with Crippen LogP contribution >= 0.6 is 11.3 Å². The Bertz CT molecular complexity index is 723. The molecule has 0 unspecified atom stereocenters. The highest BCUT2D eigenvalue weighted by Gasteiger charge is 2.08. The largest absolute Gasteiger partial charge is 0.467 e. The summed E-state index contributed by atoms with van der Waals surface area (Å²) >= 11 is 1.55. The Kier molecular flexibility index (Phi) is 4.60. The molecular weight excluding hydrogens is 298 g/mol. The second kappa shape index (κ2) is 7.00. The van der Waals surface area contributed by atoms with Gasteiger partial charge in [-0.25, -0.2) is 4.98 Å². The fraction of sp³-hybridized carbons (Fsp3) is 0.188. The van der Waals surface area contributed by atoms with Gasteiger partial charge >= 0.3 is 0 Å². The van der Waals surface area contributed by atoms with Crippen molar-refractivity contribution in [2.45, 2.75) is 19.4 Å². The normalized spacial score (nSPS) is 10.5. The van der Waals surface area contributed by atoms with E-state index in [9.17, 15) is 4.79 Å². The molecule has 22 heavy (non-hydrogen) atoms. The van der Waals surface area contributed by atoms with Crippen molar-refractivity contribution in [2.75, 3.05) is 0 Å². The smallest absolute Gasteiger partial charge is 0.220 e. The van der Waals surface area contributed by atoms with Crippen molar-refractivity contribution in [3.05, 3.63) is 58.9 Å². The van der Waals surface area contributed by atoms with Crippen LogP contribution in [0.2, 0.25) is 0 Å². The number of nitrogens with one attached hydrogen (secondary N) is 1. The molecule has 0 aromatic carbocycles. The number of hydrogen-bond donors (Lipinski definition) is 1. The number of amides is 1. The van der Waals surface area contributed by atoms with Gasteiger partial charge in [-0.1, -0.05) is 6.07 Å². The average Bonchev–Trinajstić information content (AvgIpc) is 3.23. The van der Waals surface area contributed by atoms with E-state index >= 15 is 0 Å². The first-order chi connectivity index (χ1) is 10.8. The van der Waals surface area contributed by atoms with E-state index in [2.05, 4.69) is 15.3 Å². The first-order valence-electron chi connectivity index (χ1n) is 6.96. The van der Waals surface area contributed by atoms with Crippen molar-refractivity contribution in [3.63, 3.8) is 0 Å². The van der Waals surface area contributed by atoms with Crippen LogP contribution in [0.3, 0.4) is 0 Å². The molecule has 0 radical (unpaired) electrons. The number of hydrogen-bond acceptors (Lipinski definition) is 5. The molecule has 1 N–H and O–H groups in total. The highest BCUT2D eigenvalue weighted by atomic mass is 32.1. The number of pyridine rings is 1. The van der Waals surface area contributed by atoms with Crippen LogP contribution in [0.4, 0.5) is 0 Å². The molecule has 0 spiro atoms. The third-order valence-corrected chi connectivity index (χ3v) is 3.99. The van der Waals surface area contributed by atoms with Crippen molar-refractivity contribution >= 4 is 17.2 Å². The summed E-state index contributed by atoms with van der Waals surface area (Å²) in [6, 6.07) is 9.37. The highest BCUT2D eigenvalue weighted by Crippen LogP contribution is 2.20. The maximum Gasteiger partial charge on any atom is 0.220 e. The molecule has 0 aliphatic heterocycles. The lowest BCUT2D eigenvalue weighted by molar-refractivity contribution is -0.121. The summed E-state index contributed by atoms with van der Waals surface area (Å²) in [5, 5.41) is 5.73. The predicted octanol–water partition coefficient (Wildman–Crippen LogP) is 3.05. The molecule has 0 aliphatic rings. The Morgan fingerprint density at radius 2 is 2.18 bits per heavy atom. The summed E-state index contributed by atoms with van der Waals surface area (Å²) < 4.78 is 5.17. The van der Waals surface area contributed by atoms with Gasteiger partial charge in [-0.3, -0.25) is 9.78 Å². The van der Waals surface area contributed by atoms with Crippen LogP contribution in [0.25, 0.3) is 11.4 Å². The van der Waals surface area contributed by atoms with Crippen molar-refractivity contribution < 1.29 is 9.21 Å². The first-order valence-corrected chi connectivity index (χ1v) is 7.84. The van der Waals surface area contributed by atoms with Crippen LogP contribution in [-0.4, -0.2) is 15.9 Å². The zero-order valence-corrected chi connectivity index (χ0v) is 12.7. The van der Waals surface area contributed by atoms with E-state index in [-0.39, 0.29) is 5.91 Å². The van der Waals surface area contributed by atoms with Gasteiger partial charge in [0.2, 0.25) is 5.91 Å². The van der Waals surface area contributed by atoms with Crippen molar-refractivity contribution in [3.8, 4) is 11.4 Å². The number of furan rings is 1. The topological polar surface area (TPSA) is 68.0 Å². The lowest BCUT2D eigenvalue weighted by Gasteiger charge is -2.01. The van der Waals surface area contributed by atoms with Gasteiger partial charge in [0.25, 0.3) is 0 Å². The predicted molar refractivity (Wildman–Crippen MR) is 84.2 cm³/mol. The molecular formula is C16H15N3O2S. The second-order valence-electron chi connectivity index (χ2n) is 4.70. The molecule has 1 amide bonds. The fourth-order valence-corrected chi connectivity index (χ4v) is 2.76. The van der Waals surface area contributed by atoms with Crippen LogP contribution in [0.15, 0.2) is 52.6 Å². The lowest BCUT2D eigenvalue weighted by Crippen LogP contribution is -2.22. The minimum Gasteiger partial charge on any atom is -0.467 e. The third-order valence-electron chi connectivity index (χ3n) is 3.08. The fourth-order valence-electron chi connectivity index (χ4n) is 1.97. The van der Waals surface area contributed by atoms with Gasteiger partial charge in [-0.15, -0.1) is 11.3 Å². The Hall–Kier alpha value is -2.47. The number of aromatic nitrogens is 2. The summed E-state index contributed by atoms with van der Waals surface area (Å²) in [5.74, 6) is 0.742. The van der Waals surface area contributed by atoms with Gasteiger partial charge in [0.15, 0.2) is 0 Å². The van der Waals surface area contributed by atoms with E-state index < -0.39 is 0 Å². The highest BCUT2D eigenvalue weighted by molar-refractivity contribution is 7.09. The molecule has 5 nitrogen and oxygen atoms in total. The number of carbonyl (C=O) groups excluding carboxylic acids is 1. The molecule has 0 saturated carbocycles. The quantitative estimate of drug-likeness (QED) is 0.759. The zero-order chi connectivity index (χ0) is 15.2. The van der Waals surface area contributed by atoms with E-state index in [1.807, 2.05) is 29.6 Å². The van der Waals surface area contributed by atoms with E-state index in [0.717, 1.165) is 22.2 Å². The van der Waals surface area contributed by atoms with Crippen LogP contribution < -0.4 is 5.32 Å². The molecule has 0 atom stereocenters. The summed E-state index contributed by atoms with van der Waals surface area (Å²) in [6.45, 7) is 0.420. The first kappa shape index (κ1) is 14.5. The van der Waals surface area contributed by atoms with Crippen molar-refractivity contribution in [1.82, 2.24) is 15.3 Å². The van der Waals surface area contributed by atoms with Crippen molar-refractivity contribution in [1.29, 1.82) is 0 Å². The summed E-state index contributed by atoms with van der Waals surface area (Å²) in [4.78, 5) is 20.6. The van der Waals surface area contributed by atoms with Gasteiger partial charge in [-0.2, -0.15) is 0 Å².